The van der Waals surface area contributed by atoms with Gasteiger partial charge >= 0.3 is 0 Å². The number of nitrogen functional groups attached to an aromatic ring is 1. The van der Waals surface area contributed by atoms with E-state index in [2.05, 4.69) is 27.6 Å². The van der Waals surface area contributed by atoms with Gasteiger partial charge in [-0.3, -0.25) is 4.79 Å². The van der Waals surface area contributed by atoms with Crippen molar-refractivity contribution >= 4 is 29.3 Å². The van der Waals surface area contributed by atoms with E-state index < -0.39 is 0 Å². The normalized spacial score (nSPS) is 11.8. The molecule has 0 fully saturated rings. The lowest BCUT2D eigenvalue weighted by molar-refractivity contribution is -0.119. The SMILES string of the molecule is Nn1c(SCC(=O)NC(Cc2ccccc2)c2ccccc2)nnc1-c1ccccc1Cl. The third kappa shape index (κ3) is 5.30. The Labute approximate surface area is 195 Å². The van der Waals surface area contributed by atoms with Crippen molar-refractivity contribution < 1.29 is 4.79 Å². The third-order valence-corrected chi connectivity index (χ3v) is 6.20. The van der Waals surface area contributed by atoms with Crippen molar-refractivity contribution in [3.8, 4) is 11.4 Å². The van der Waals surface area contributed by atoms with Crippen LogP contribution < -0.4 is 11.2 Å². The molecule has 1 heterocycles. The van der Waals surface area contributed by atoms with E-state index in [1.165, 1.54) is 16.4 Å². The molecule has 1 atom stereocenters. The number of thioether (sulfide) groups is 1. The highest BCUT2D eigenvalue weighted by Gasteiger charge is 2.18. The second kappa shape index (κ2) is 10.3. The van der Waals surface area contributed by atoms with E-state index in [-0.39, 0.29) is 17.7 Å². The zero-order valence-corrected chi connectivity index (χ0v) is 18.8. The van der Waals surface area contributed by atoms with E-state index in [9.17, 15) is 4.79 Å². The van der Waals surface area contributed by atoms with Gasteiger partial charge in [0.15, 0.2) is 5.82 Å². The lowest BCUT2D eigenvalue weighted by Gasteiger charge is -2.19. The van der Waals surface area contributed by atoms with Crippen LogP contribution in [0.1, 0.15) is 17.2 Å². The fourth-order valence-corrected chi connectivity index (χ4v) is 4.24. The zero-order valence-electron chi connectivity index (χ0n) is 17.2. The maximum Gasteiger partial charge on any atom is 0.230 e. The molecule has 0 bridgehead atoms. The molecule has 1 amide bonds. The first-order valence-electron chi connectivity index (χ1n) is 10.1. The molecule has 0 saturated carbocycles. The first-order valence-corrected chi connectivity index (χ1v) is 11.4. The van der Waals surface area contributed by atoms with Gasteiger partial charge in [-0.25, -0.2) is 4.68 Å². The topological polar surface area (TPSA) is 85.8 Å². The summed E-state index contributed by atoms with van der Waals surface area (Å²) >= 11 is 7.47. The number of aromatic nitrogens is 3. The molecule has 0 radical (unpaired) electrons. The van der Waals surface area contributed by atoms with Gasteiger partial charge in [0, 0.05) is 5.56 Å². The highest BCUT2D eigenvalue weighted by Crippen LogP contribution is 2.27. The van der Waals surface area contributed by atoms with E-state index in [1.54, 1.807) is 6.07 Å². The van der Waals surface area contributed by atoms with Gasteiger partial charge in [-0.2, -0.15) is 0 Å². The Balaban J connectivity index is 1.43. The summed E-state index contributed by atoms with van der Waals surface area (Å²) in [6.07, 6.45) is 0.699. The summed E-state index contributed by atoms with van der Waals surface area (Å²) in [4.78, 5) is 12.8. The van der Waals surface area contributed by atoms with Crippen LogP contribution in [0.3, 0.4) is 0 Å². The molecule has 6 nitrogen and oxygen atoms in total. The standard InChI is InChI=1S/C24H22ClN5OS/c25-20-14-8-7-13-19(20)23-28-29-24(30(23)26)32-16-22(31)27-21(18-11-5-2-6-12-18)15-17-9-3-1-4-10-17/h1-14,21H,15-16,26H2,(H,27,31). The van der Waals surface area contributed by atoms with E-state index in [0.717, 1.165) is 11.1 Å². The number of benzene rings is 3. The minimum absolute atomic E-state index is 0.109. The molecular weight excluding hydrogens is 442 g/mol. The van der Waals surface area contributed by atoms with E-state index in [1.807, 2.05) is 66.7 Å². The van der Waals surface area contributed by atoms with Crippen molar-refractivity contribution in [2.45, 2.75) is 17.6 Å². The number of hydrogen-bond acceptors (Lipinski definition) is 5. The molecule has 3 aromatic carbocycles. The Hall–Kier alpha value is -3.29. The molecular formula is C24H22ClN5OS. The zero-order chi connectivity index (χ0) is 22.3. The third-order valence-electron chi connectivity index (χ3n) is 4.93. The van der Waals surface area contributed by atoms with Gasteiger partial charge in [-0.1, -0.05) is 96.2 Å². The fraction of sp³-hybridized carbons (Fsp3) is 0.125. The van der Waals surface area contributed by atoms with Gasteiger partial charge in [0.2, 0.25) is 11.1 Å². The lowest BCUT2D eigenvalue weighted by Crippen LogP contribution is -2.31. The summed E-state index contributed by atoms with van der Waals surface area (Å²) in [6.45, 7) is 0. The molecule has 3 N–H and O–H groups in total. The van der Waals surface area contributed by atoms with E-state index in [0.29, 0.717) is 28.0 Å². The average Bonchev–Trinajstić information content (AvgIpc) is 3.19. The summed E-state index contributed by atoms with van der Waals surface area (Å²) in [5.74, 6) is 6.67. The molecule has 0 spiro atoms. The monoisotopic (exact) mass is 463 g/mol. The maximum atomic E-state index is 12.8. The van der Waals surface area contributed by atoms with Gasteiger partial charge in [-0.05, 0) is 29.7 Å². The van der Waals surface area contributed by atoms with Crippen LogP contribution in [0.2, 0.25) is 5.02 Å². The predicted octanol–water partition coefficient (Wildman–Crippen LogP) is 4.50. The number of nitrogens with one attached hydrogen (secondary N) is 1. The quantitative estimate of drug-likeness (QED) is 0.296. The summed E-state index contributed by atoms with van der Waals surface area (Å²) in [7, 11) is 0. The first kappa shape index (κ1) is 21.9. The predicted molar refractivity (Wildman–Crippen MR) is 129 cm³/mol. The van der Waals surface area contributed by atoms with Crippen LogP contribution in [0.4, 0.5) is 0 Å². The number of carbonyl (C=O) groups is 1. The van der Waals surface area contributed by atoms with Crippen LogP contribution in [0.15, 0.2) is 90.1 Å². The van der Waals surface area contributed by atoms with Crippen molar-refractivity contribution in [3.05, 3.63) is 101 Å². The van der Waals surface area contributed by atoms with Crippen LogP contribution >= 0.6 is 23.4 Å². The molecule has 0 aliphatic heterocycles. The molecule has 4 aromatic rings. The van der Waals surface area contributed by atoms with Gasteiger partial charge < -0.3 is 11.2 Å². The number of carbonyl (C=O) groups excluding carboxylic acids is 1. The maximum absolute atomic E-state index is 12.8. The number of amides is 1. The Morgan fingerprint density at radius 3 is 2.34 bits per heavy atom. The largest absolute Gasteiger partial charge is 0.348 e. The Morgan fingerprint density at radius 1 is 0.969 bits per heavy atom. The molecule has 0 saturated heterocycles. The molecule has 1 aromatic heterocycles. The van der Waals surface area contributed by atoms with Gasteiger partial charge in [0.25, 0.3) is 0 Å². The van der Waals surface area contributed by atoms with E-state index in [4.69, 9.17) is 17.4 Å². The van der Waals surface area contributed by atoms with Gasteiger partial charge in [0.1, 0.15) is 0 Å². The summed E-state index contributed by atoms with van der Waals surface area (Å²) < 4.78 is 1.36. The molecule has 32 heavy (non-hydrogen) atoms. The van der Waals surface area contributed by atoms with Gasteiger partial charge in [0.05, 0.1) is 16.8 Å². The fourth-order valence-electron chi connectivity index (χ4n) is 3.36. The summed E-state index contributed by atoms with van der Waals surface area (Å²) in [6, 6.07) is 27.2. The first-order chi connectivity index (χ1) is 15.6. The summed E-state index contributed by atoms with van der Waals surface area (Å²) in [5.41, 5.74) is 2.89. The van der Waals surface area contributed by atoms with Crippen LogP contribution in [0, 0.1) is 0 Å². The van der Waals surface area contributed by atoms with Crippen LogP contribution in [-0.2, 0) is 11.2 Å². The highest BCUT2D eigenvalue weighted by molar-refractivity contribution is 7.99. The van der Waals surface area contributed by atoms with Gasteiger partial charge in [-0.15, -0.1) is 10.2 Å². The second-order valence-corrected chi connectivity index (χ2v) is 8.51. The second-order valence-electron chi connectivity index (χ2n) is 7.17. The Kier molecular flexibility index (Phi) is 7.09. The number of halogens is 1. The van der Waals surface area contributed by atoms with Crippen molar-refractivity contribution in [1.82, 2.24) is 20.2 Å². The van der Waals surface area contributed by atoms with Crippen LogP contribution in [0.5, 0.6) is 0 Å². The Bertz CT molecular complexity index is 1180. The summed E-state index contributed by atoms with van der Waals surface area (Å²) in [5, 5.41) is 12.4. The minimum Gasteiger partial charge on any atom is -0.348 e. The molecule has 162 valence electrons. The molecule has 8 heteroatoms. The van der Waals surface area contributed by atoms with E-state index >= 15 is 0 Å². The lowest BCUT2D eigenvalue weighted by atomic mass is 9.99. The number of rotatable bonds is 8. The van der Waals surface area contributed by atoms with Crippen molar-refractivity contribution in [2.24, 2.45) is 0 Å². The minimum atomic E-state index is -0.138. The van der Waals surface area contributed by atoms with Crippen LogP contribution in [-0.4, -0.2) is 26.5 Å². The van der Waals surface area contributed by atoms with Crippen molar-refractivity contribution in [1.29, 1.82) is 0 Å². The Morgan fingerprint density at radius 2 is 1.62 bits per heavy atom. The smallest absolute Gasteiger partial charge is 0.230 e. The average molecular weight is 464 g/mol. The number of nitrogens with zero attached hydrogens (tertiary/aromatic N) is 3. The van der Waals surface area contributed by atoms with Crippen LogP contribution in [0.25, 0.3) is 11.4 Å². The molecule has 0 aliphatic carbocycles. The van der Waals surface area contributed by atoms with Crippen molar-refractivity contribution in [3.63, 3.8) is 0 Å². The van der Waals surface area contributed by atoms with Crippen molar-refractivity contribution in [2.75, 3.05) is 11.6 Å². The molecule has 1 unspecified atom stereocenters. The number of nitrogens with two attached hydrogens (primary N) is 1. The molecule has 0 aliphatic rings. The number of hydrogen-bond donors (Lipinski definition) is 2. The molecule has 4 rings (SSSR count). The highest BCUT2D eigenvalue weighted by atomic mass is 35.5.